The number of carbonyl (C=O) groups is 2. The van der Waals surface area contributed by atoms with Gasteiger partial charge in [-0.3, -0.25) is 4.98 Å². The Morgan fingerprint density at radius 1 is 1.26 bits per heavy atom. The molecular weight excluding hydrogens is 349 g/mol. The van der Waals surface area contributed by atoms with Crippen LogP contribution in [0.2, 0.25) is 0 Å². The molecule has 0 aliphatic heterocycles. The van der Waals surface area contributed by atoms with Crippen molar-refractivity contribution in [1.82, 2.24) is 4.98 Å². The fourth-order valence-electron chi connectivity index (χ4n) is 2.62. The Morgan fingerprint density at radius 2 is 1.93 bits per heavy atom. The number of alkyl halides is 1. The van der Waals surface area contributed by atoms with Crippen LogP contribution in [0.4, 0.5) is 4.39 Å². The number of methoxy groups -OCH3 is 1. The highest BCUT2D eigenvalue weighted by atomic mass is 19.1. The summed E-state index contributed by atoms with van der Waals surface area (Å²) >= 11 is 0. The van der Waals surface area contributed by atoms with Crippen molar-refractivity contribution in [3.05, 3.63) is 58.8 Å². The van der Waals surface area contributed by atoms with Gasteiger partial charge in [-0.2, -0.15) is 0 Å². The first kappa shape index (κ1) is 20.3. The molecule has 0 unspecified atom stereocenters. The number of aromatic nitrogens is 1. The Balaban J connectivity index is 2.40. The number of hydrogen-bond donors (Lipinski definition) is 0. The van der Waals surface area contributed by atoms with E-state index in [-0.39, 0.29) is 17.7 Å². The molecule has 2 aromatic rings. The molecule has 1 heterocycles. The lowest BCUT2D eigenvalue weighted by Crippen LogP contribution is -2.12. The average molecular weight is 371 g/mol. The van der Waals surface area contributed by atoms with Gasteiger partial charge in [0.25, 0.3) is 0 Å². The highest BCUT2D eigenvalue weighted by Gasteiger charge is 2.22. The molecule has 0 radical (unpaired) electrons. The summed E-state index contributed by atoms with van der Waals surface area (Å²) in [6, 6.07) is 8.82. The highest BCUT2D eigenvalue weighted by Crippen LogP contribution is 2.29. The molecule has 0 aliphatic rings. The molecule has 1 aromatic heterocycles. The number of halogens is 1. The van der Waals surface area contributed by atoms with Crippen molar-refractivity contribution in [1.29, 1.82) is 0 Å². The van der Waals surface area contributed by atoms with Gasteiger partial charge in [0.2, 0.25) is 0 Å². The Kier molecular flexibility index (Phi) is 6.82. The molecule has 0 spiro atoms. The molecule has 0 aliphatic carbocycles. The van der Waals surface area contributed by atoms with Gasteiger partial charge in [-0.25, -0.2) is 14.0 Å². The van der Waals surface area contributed by atoms with Crippen LogP contribution >= 0.6 is 0 Å². The maximum absolute atomic E-state index is 14.2. The minimum atomic E-state index is -1.34. The molecule has 0 N–H and O–H groups in total. The molecule has 142 valence electrons. The fraction of sp³-hybridized carbons (Fsp3) is 0.286. The van der Waals surface area contributed by atoms with Gasteiger partial charge in [0, 0.05) is 17.2 Å². The van der Waals surface area contributed by atoms with Crippen LogP contribution in [0.25, 0.3) is 17.3 Å². The largest absolute Gasteiger partial charge is 0.466 e. The monoisotopic (exact) mass is 371 g/mol. The van der Waals surface area contributed by atoms with Crippen LogP contribution in [0.1, 0.15) is 47.2 Å². The average Bonchev–Trinajstić information content (AvgIpc) is 2.65. The molecular formula is C21H22FNO4. The maximum atomic E-state index is 14.2. The number of nitrogens with zero attached hydrogens (tertiary/aromatic N) is 1. The number of aryl methyl sites for hydroxylation is 1. The first-order chi connectivity index (χ1) is 12.9. The van der Waals surface area contributed by atoms with E-state index in [1.165, 1.54) is 20.1 Å². The first-order valence-corrected chi connectivity index (χ1v) is 8.56. The summed E-state index contributed by atoms with van der Waals surface area (Å²) in [4.78, 5) is 27.8. The zero-order valence-electron chi connectivity index (χ0n) is 15.8. The molecule has 27 heavy (non-hydrogen) atoms. The third kappa shape index (κ3) is 5.00. The number of carbonyl (C=O) groups excluding carboxylic acids is 2. The van der Waals surface area contributed by atoms with Gasteiger partial charge in [-0.15, -0.1) is 0 Å². The van der Waals surface area contributed by atoms with E-state index in [2.05, 4.69) is 9.72 Å². The molecule has 6 heteroatoms. The van der Waals surface area contributed by atoms with Crippen molar-refractivity contribution >= 4 is 18.0 Å². The number of pyridine rings is 1. The Bertz CT molecular complexity index is 857. The molecule has 0 amide bonds. The summed E-state index contributed by atoms with van der Waals surface area (Å²) in [6.45, 7) is 4.95. The van der Waals surface area contributed by atoms with E-state index in [0.717, 1.165) is 11.1 Å². The van der Waals surface area contributed by atoms with Crippen molar-refractivity contribution < 1.29 is 23.5 Å². The lowest BCUT2D eigenvalue weighted by molar-refractivity contribution is -0.134. The summed E-state index contributed by atoms with van der Waals surface area (Å²) in [5, 5.41) is 0. The van der Waals surface area contributed by atoms with Crippen LogP contribution < -0.4 is 0 Å². The Morgan fingerprint density at radius 3 is 2.48 bits per heavy atom. The minimum absolute atomic E-state index is 0.174. The lowest BCUT2D eigenvalue weighted by atomic mass is 9.99. The third-order valence-corrected chi connectivity index (χ3v) is 3.96. The van der Waals surface area contributed by atoms with E-state index in [9.17, 15) is 14.0 Å². The second-order valence-electron chi connectivity index (χ2n) is 5.87. The number of hydrogen-bond acceptors (Lipinski definition) is 5. The second kappa shape index (κ2) is 9.07. The van der Waals surface area contributed by atoms with E-state index in [4.69, 9.17) is 4.74 Å². The highest BCUT2D eigenvalue weighted by molar-refractivity contribution is 5.93. The van der Waals surface area contributed by atoms with Crippen molar-refractivity contribution in [2.45, 2.75) is 26.9 Å². The van der Waals surface area contributed by atoms with Gasteiger partial charge in [0.05, 0.1) is 30.7 Å². The Hall–Kier alpha value is -3.02. The van der Waals surface area contributed by atoms with Gasteiger partial charge < -0.3 is 9.47 Å². The van der Waals surface area contributed by atoms with E-state index >= 15 is 0 Å². The third-order valence-electron chi connectivity index (χ3n) is 3.96. The molecule has 2 rings (SSSR count). The van der Waals surface area contributed by atoms with Crippen molar-refractivity contribution in [3.63, 3.8) is 0 Å². The van der Waals surface area contributed by atoms with E-state index in [1.807, 2.05) is 24.3 Å². The smallest absolute Gasteiger partial charge is 0.340 e. The lowest BCUT2D eigenvalue weighted by Gasteiger charge is -2.14. The van der Waals surface area contributed by atoms with Crippen LogP contribution in [0.5, 0.6) is 0 Å². The fourth-order valence-corrected chi connectivity index (χ4v) is 2.62. The van der Waals surface area contributed by atoms with E-state index < -0.39 is 18.1 Å². The van der Waals surface area contributed by atoms with Gasteiger partial charge >= 0.3 is 11.9 Å². The first-order valence-electron chi connectivity index (χ1n) is 8.56. The molecule has 0 saturated heterocycles. The standard InChI is InChI=1S/C21H22FNO4/c1-5-27-21(25)20-14(3)23-18(12-17(20)13(2)22)16-9-6-15(7-10-16)8-11-19(24)26-4/h6-13H,5H2,1-4H3/b11-8+/t13-/m1/s1. The summed E-state index contributed by atoms with van der Waals surface area (Å²) in [5.41, 5.74) is 2.98. The van der Waals surface area contributed by atoms with Gasteiger partial charge in [0.1, 0.15) is 6.17 Å². The normalized spacial score (nSPS) is 12.0. The van der Waals surface area contributed by atoms with Crippen LogP contribution in [0.15, 0.2) is 36.4 Å². The maximum Gasteiger partial charge on any atom is 0.340 e. The number of ether oxygens (including phenoxy) is 2. The quantitative estimate of drug-likeness (QED) is 0.554. The summed E-state index contributed by atoms with van der Waals surface area (Å²) in [7, 11) is 1.31. The summed E-state index contributed by atoms with van der Waals surface area (Å²) in [6.07, 6.45) is 1.62. The molecule has 0 bridgehead atoms. The zero-order valence-corrected chi connectivity index (χ0v) is 15.8. The summed E-state index contributed by atoms with van der Waals surface area (Å²) in [5.74, 6) is -1.01. The SMILES string of the molecule is CCOC(=O)c1c([C@@H](C)F)cc(-c2ccc(/C=C/C(=O)OC)cc2)nc1C. The van der Waals surface area contributed by atoms with Crippen molar-refractivity contribution in [2.75, 3.05) is 13.7 Å². The summed E-state index contributed by atoms with van der Waals surface area (Å²) < 4.78 is 23.7. The van der Waals surface area contributed by atoms with Gasteiger partial charge in [-0.1, -0.05) is 24.3 Å². The van der Waals surface area contributed by atoms with Gasteiger partial charge in [0.15, 0.2) is 0 Å². The number of rotatable bonds is 6. The van der Waals surface area contributed by atoms with Gasteiger partial charge in [-0.05, 0) is 38.5 Å². The van der Waals surface area contributed by atoms with Crippen molar-refractivity contribution in [3.8, 4) is 11.3 Å². The Labute approximate surface area is 157 Å². The molecule has 1 atom stereocenters. The second-order valence-corrected chi connectivity index (χ2v) is 5.87. The van der Waals surface area contributed by atoms with Crippen LogP contribution in [-0.4, -0.2) is 30.6 Å². The minimum Gasteiger partial charge on any atom is -0.466 e. The number of esters is 2. The zero-order chi connectivity index (χ0) is 20.0. The topological polar surface area (TPSA) is 65.5 Å². The molecule has 5 nitrogen and oxygen atoms in total. The predicted molar refractivity (Wildman–Crippen MR) is 101 cm³/mol. The predicted octanol–water partition coefficient (Wildman–Crippen LogP) is 4.45. The van der Waals surface area contributed by atoms with Crippen LogP contribution in [0, 0.1) is 6.92 Å². The van der Waals surface area contributed by atoms with Crippen LogP contribution in [0.3, 0.4) is 0 Å². The molecule has 0 saturated carbocycles. The molecule has 1 aromatic carbocycles. The van der Waals surface area contributed by atoms with Crippen molar-refractivity contribution in [2.24, 2.45) is 0 Å². The van der Waals surface area contributed by atoms with E-state index in [0.29, 0.717) is 11.4 Å². The molecule has 0 fully saturated rings. The van der Waals surface area contributed by atoms with Crippen LogP contribution in [-0.2, 0) is 14.3 Å². The van der Waals surface area contributed by atoms with E-state index in [1.54, 1.807) is 26.0 Å². The number of benzene rings is 1.